The van der Waals surface area contributed by atoms with Gasteiger partial charge in [0.2, 0.25) is 0 Å². The second-order valence-electron chi connectivity index (χ2n) is 4.95. The van der Waals surface area contributed by atoms with Crippen LogP contribution in [0, 0.1) is 10.1 Å². The molecular formula is C15H23N3O3. The Morgan fingerprint density at radius 3 is 2.33 bits per heavy atom. The molecule has 1 aromatic rings. The first kappa shape index (κ1) is 16.9. The van der Waals surface area contributed by atoms with Crippen LogP contribution in [-0.2, 0) is 0 Å². The summed E-state index contributed by atoms with van der Waals surface area (Å²) in [6.45, 7) is 2.83. The van der Waals surface area contributed by atoms with E-state index in [4.69, 9.17) is 0 Å². The fourth-order valence-electron chi connectivity index (χ4n) is 1.95. The Labute approximate surface area is 125 Å². The fraction of sp³-hybridized carbons (Fsp3) is 0.533. The molecule has 0 saturated carbocycles. The molecule has 0 unspecified atom stereocenters. The molecular weight excluding hydrogens is 270 g/mol. The van der Waals surface area contributed by atoms with Crippen LogP contribution in [0.1, 0.15) is 45.4 Å². The Morgan fingerprint density at radius 1 is 1.10 bits per heavy atom. The number of nitrogens with one attached hydrogen (secondary N) is 2. The molecule has 0 saturated heterocycles. The summed E-state index contributed by atoms with van der Waals surface area (Å²) in [4.78, 5) is 21.6. The van der Waals surface area contributed by atoms with Gasteiger partial charge in [-0.3, -0.25) is 10.1 Å². The lowest BCUT2D eigenvalue weighted by atomic mass is 10.1. The van der Waals surface area contributed by atoms with E-state index in [1.54, 1.807) is 0 Å². The SMILES string of the molecule is CCCCCCCCNC(=O)Nc1ccc([N+](=O)[O-])cc1. The zero-order valence-electron chi connectivity index (χ0n) is 12.4. The summed E-state index contributed by atoms with van der Waals surface area (Å²) in [6.07, 6.45) is 7.06. The predicted octanol–water partition coefficient (Wildman–Crippen LogP) is 4.08. The Hall–Kier alpha value is -2.11. The number of nitro groups is 1. The molecule has 1 rings (SSSR count). The average Bonchev–Trinajstić information content (AvgIpc) is 2.47. The maximum absolute atomic E-state index is 11.6. The molecule has 0 radical (unpaired) electrons. The van der Waals surface area contributed by atoms with E-state index in [-0.39, 0.29) is 11.7 Å². The summed E-state index contributed by atoms with van der Waals surface area (Å²) < 4.78 is 0. The number of nitro benzene ring substituents is 1. The number of carbonyl (C=O) groups is 1. The number of benzene rings is 1. The van der Waals surface area contributed by atoms with Gasteiger partial charge in [-0.25, -0.2) is 4.79 Å². The van der Waals surface area contributed by atoms with Crippen LogP contribution in [0.2, 0.25) is 0 Å². The van der Waals surface area contributed by atoms with Gasteiger partial charge in [0.05, 0.1) is 4.92 Å². The predicted molar refractivity (Wildman–Crippen MR) is 83.5 cm³/mol. The first-order chi connectivity index (χ1) is 10.1. The van der Waals surface area contributed by atoms with Crippen LogP contribution in [0.25, 0.3) is 0 Å². The zero-order valence-corrected chi connectivity index (χ0v) is 12.4. The molecule has 0 aromatic heterocycles. The molecule has 0 bridgehead atoms. The monoisotopic (exact) mass is 293 g/mol. The highest BCUT2D eigenvalue weighted by molar-refractivity contribution is 5.89. The van der Waals surface area contributed by atoms with Crippen molar-refractivity contribution < 1.29 is 9.72 Å². The van der Waals surface area contributed by atoms with Crippen LogP contribution in [0.3, 0.4) is 0 Å². The second-order valence-corrected chi connectivity index (χ2v) is 4.95. The molecule has 0 aliphatic rings. The number of nitrogens with zero attached hydrogens (tertiary/aromatic N) is 1. The summed E-state index contributed by atoms with van der Waals surface area (Å²) in [5.74, 6) is 0. The topological polar surface area (TPSA) is 84.3 Å². The molecule has 0 heterocycles. The van der Waals surface area contributed by atoms with Gasteiger partial charge in [-0.15, -0.1) is 0 Å². The maximum atomic E-state index is 11.6. The molecule has 6 heteroatoms. The van der Waals surface area contributed by atoms with Crippen molar-refractivity contribution in [2.45, 2.75) is 45.4 Å². The molecule has 0 spiro atoms. The Kier molecular flexibility index (Phi) is 7.86. The number of hydrogen-bond donors (Lipinski definition) is 2. The lowest BCUT2D eigenvalue weighted by Gasteiger charge is -2.07. The highest BCUT2D eigenvalue weighted by atomic mass is 16.6. The molecule has 116 valence electrons. The van der Waals surface area contributed by atoms with Crippen LogP contribution < -0.4 is 10.6 Å². The van der Waals surface area contributed by atoms with Crippen LogP contribution >= 0.6 is 0 Å². The van der Waals surface area contributed by atoms with Crippen molar-refractivity contribution in [1.82, 2.24) is 5.32 Å². The highest BCUT2D eigenvalue weighted by Gasteiger charge is 2.05. The molecule has 2 amide bonds. The van der Waals surface area contributed by atoms with Crippen molar-refractivity contribution in [3.8, 4) is 0 Å². The van der Waals surface area contributed by atoms with E-state index in [2.05, 4.69) is 17.6 Å². The minimum Gasteiger partial charge on any atom is -0.338 e. The maximum Gasteiger partial charge on any atom is 0.319 e. The minimum absolute atomic E-state index is 0.00744. The van der Waals surface area contributed by atoms with Crippen molar-refractivity contribution in [3.63, 3.8) is 0 Å². The first-order valence-corrected chi connectivity index (χ1v) is 7.42. The number of anilines is 1. The number of hydrogen-bond acceptors (Lipinski definition) is 3. The summed E-state index contributed by atoms with van der Waals surface area (Å²) in [5, 5.41) is 15.9. The van der Waals surface area contributed by atoms with E-state index in [9.17, 15) is 14.9 Å². The molecule has 21 heavy (non-hydrogen) atoms. The smallest absolute Gasteiger partial charge is 0.319 e. The molecule has 0 aliphatic heterocycles. The Bertz CT molecular complexity index is 446. The van der Waals surface area contributed by atoms with Gasteiger partial charge in [0.15, 0.2) is 0 Å². The lowest BCUT2D eigenvalue weighted by molar-refractivity contribution is -0.384. The normalized spacial score (nSPS) is 10.1. The van der Waals surface area contributed by atoms with Crippen molar-refractivity contribution in [3.05, 3.63) is 34.4 Å². The second kappa shape index (κ2) is 9.74. The number of rotatable bonds is 9. The van der Waals surface area contributed by atoms with Crippen molar-refractivity contribution in [1.29, 1.82) is 0 Å². The Morgan fingerprint density at radius 2 is 1.71 bits per heavy atom. The van der Waals surface area contributed by atoms with Crippen LogP contribution in [0.4, 0.5) is 16.2 Å². The molecule has 0 atom stereocenters. The van der Waals surface area contributed by atoms with Gasteiger partial charge in [-0.1, -0.05) is 39.0 Å². The molecule has 2 N–H and O–H groups in total. The first-order valence-electron chi connectivity index (χ1n) is 7.42. The van der Waals surface area contributed by atoms with E-state index in [0.29, 0.717) is 12.2 Å². The fourth-order valence-corrected chi connectivity index (χ4v) is 1.95. The average molecular weight is 293 g/mol. The number of urea groups is 1. The third-order valence-electron chi connectivity index (χ3n) is 3.15. The number of amides is 2. The summed E-state index contributed by atoms with van der Waals surface area (Å²) in [7, 11) is 0. The van der Waals surface area contributed by atoms with Gasteiger partial charge >= 0.3 is 6.03 Å². The number of unbranched alkanes of at least 4 members (excludes halogenated alkanes) is 5. The largest absolute Gasteiger partial charge is 0.338 e. The van der Waals surface area contributed by atoms with Crippen molar-refractivity contribution in [2.75, 3.05) is 11.9 Å². The third kappa shape index (κ3) is 7.29. The highest BCUT2D eigenvalue weighted by Crippen LogP contribution is 2.15. The van der Waals surface area contributed by atoms with Crippen LogP contribution in [-0.4, -0.2) is 17.5 Å². The van der Waals surface area contributed by atoms with Gasteiger partial charge < -0.3 is 10.6 Å². The molecule has 6 nitrogen and oxygen atoms in total. The summed E-state index contributed by atoms with van der Waals surface area (Å²) >= 11 is 0. The van der Waals surface area contributed by atoms with Crippen LogP contribution in [0.15, 0.2) is 24.3 Å². The molecule has 0 fully saturated rings. The van der Waals surface area contributed by atoms with Crippen molar-refractivity contribution >= 4 is 17.4 Å². The van der Waals surface area contributed by atoms with E-state index in [0.717, 1.165) is 12.8 Å². The quantitative estimate of drug-likeness (QED) is 0.409. The van der Waals surface area contributed by atoms with Gasteiger partial charge in [0.1, 0.15) is 0 Å². The van der Waals surface area contributed by atoms with Crippen molar-refractivity contribution in [2.24, 2.45) is 0 Å². The molecule has 0 aliphatic carbocycles. The molecule has 1 aromatic carbocycles. The van der Waals surface area contributed by atoms with Gasteiger partial charge in [0, 0.05) is 24.4 Å². The van der Waals surface area contributed by atoms with Crippen LogP contribution in [0.5, 0.6) is 0 Å². The summed E-state index contributed by atoms with van der Waals surface area (Å²) in [5.41, 5.74) is 0.550. The third-order valence-corrected chi connectivity index (χ3v) is 3.15. The van der Waals surface area contributed by atoms with E-state index >= 15 is 0 Å². The standard InChI is InChI=1S/C15H23N3O3/c1-2-3-4-5-6-7-12-16-15(19)17-13-8-10-14(11-9-13)18(20)21/h8-11H,2-7,12H2,1H3,(H2,16,17,19). The number of non-ortho nitro benzene ring substituents is 1. The van der Waals surface area contributed by atoms with E-state index < -0.39 is 4.92 Å². The summed E-state index contributed by atoms with van der Waals surface area (Å²) in [6, 6.07) is 5.48. The number of carbonyl (C=O) groups excluding carboxylic acids is 1. The lowest BCUT2D eigenvalue weighted by Crippen LogP contribution is -2.29. The van der Waals surface area contributed by atoms with Gasteiger partial charge in [0.25, 0.3) is 5.69 Å². The van der Waals surface area contributed by atoms with E-state index in [1.807, 2.05) is 0 Å². The van der Waals surface area contributed by atoms with Gasteiger partial charge in [-0.2, -0.15) is 0 Å². The Balaban J connectivity index is 2.17. The minimum atomic E-state index is -0.470. The zero-order chi connectivity index (χ0) is 15.5. The van der Waals surface area contributed by atoms with E-state index in [1.165, 1.54) is 49.9 Å². The van der Waals surface area contributed by atoms with Gasteiger partial charge in [-0.05, 0) is 18.6 Å².